The molecule has 1 aromatic rings. The molecule has 2 aliphatic rings. The van der Waals surface area contributed by atoms with Crippen molar-refractivity contribution in [3.05, 3.63) is 22.3 Å². The van der Waals surface area contributed by atoms with Crippen molar-refractivity contribution in [2.24, 2.45) is 0 Å². The number of hydrogen-bond acceptors (Lipinski definition) is 3. The molecule has 0 radical (unpaired) electrons. The predicted octanol–water partition coefficient (Wildman–Crippen LogP) is 2.88. The van der Waals surface area contributed by atoms with E-state index in [1.54, 1.807) is 0 Å². The van der Waals surface area contributed by atoms with Crippen LogP contribution in [-0.4, -0.2) is 13.2 Å². The van der Waals surface area contributed by atoms with Gasteiger partial charge >= 0.3 is 0 Å². The lowest BCUT2D eigenvalue weighted by Gasteiger charge is -2.18. The second kappa shape index (κ2) is 4.20. The van der Waals surface area contributed by atoms with Crippen molar-refractivity contribution in [2.75, 3.05) is 13.2 Å². The van der Waals surface area contributed by atoms with Gasteiger partial charge in [0.15, 0.2) is 0 Å². The molecule has 3 heteroatoms. The van der Waals surface area contributed by atoms with Crippen LogP contribution in [0.15, 0.2) is 0 Å². The molecule has 2 aliphatic heterocycles. The smallest absolute Gasteiger partial charge is 0.127 e. The van der Waals surface area contributed by atoms with Crippen LogP contribution in [0.5, 0.6) is 11.5 Å². The van der Waals surface area contributed by atoms with Gasteiger partial charge in [0.1, 0.15) is 11.5 Å². The van der Waals surface area contributed by atoms with Crippen LogP contribution in [0.25, 0.3) is 0 Å². The van der Waals surface area contributed by atoms with E-state index in [0.717, 1.165) is 49.5 Å². The van der Waals surface area contributed by atoms with Gasteiger partial charge in [0.05, 0.1) is 25.2 Å². The zero-order valence-electron chi connectivity index (χ0n) is 10.9. The van der Waals surface area contributed by atoms with Crippen LogP contribution in [0.4, 0.5) is 0 Å². The molecule has 0 fully saturated rings. The summed E-state index contributed by atoms with van der Waals surface area (Å²) >= 11 is 0. The lowest BCUT2D eigenvalue weighted by molar-refractivity contribution is 0.351. The third kappa shape index (κ3) is 1.42. The average molecular weight is 243 g/mol. The van der Waals surface area contributed by atoms with Gasteiger partial charge in [-0.25, -0.2) is 0 Å². The van der Waals surface area contributed by atoms with E-state index in [4.69, 9.17) is 9.47 Å². The van der Waals surface area contributed by atoms with E-state index in [-0.39, 0.29) is 5.92 Å². The maximum Gasteiger partial charge on any atom is 0.127 e. The highest BCUT2D eigenvalue weighted by Crippen LogP contribution is 2.47. The molecule has 94 valence electrons. The predicted molar refractivity (Wildman–Crippen MR) is 68.2 cm³/mol. The van der Waals surface area contributed by atoms with Crippen molar-refractivity contribution in [3.63, 3.8) is 0 Å². The van der Waals surface area contributed by atoms with E-state index in [0.29, 0.717) is 0 Å². The van der Waals surface area contributed by atoms with E-state index in [9.17, 15) is 5.26 Å². The fourth-order valence-electron chi connectivity index (χ4n) is 3.10. The standard InChI is InChI=1S/C15H17NO2/c1-3-10(8-16)13-12-5-7-17-14(12)9(2)11-4-6-18-15(11)13/h10H,3-7H2,1-2H3. The minimum absolute atomic E-state index is 0.0760. The van der Waals surface area contributed by atoms with E-state index in [1.807, 2.05) is 0 Å². The Hall–Kier alpha value is -1.69. The minimum atomic E-state index is -0.0760. The van der Waals surface area contributed by atoms with Crippen LogP contribution < -0.4 is 9.47 Å². The van der Waals surface area contributed by atoms with Gasteiger partial charge in [-0.1, -0.05) is 6.92 Å². The van der Waals surface area contributed by atoms with Crippen LogP contribution in [0, 0.1) is 18.3 Å². The Kier molecular flexibility index (Phi) is 2.66. The zero-order chi connectivity index (χ0) is 12.7. The van der Waals surface area contributed by atoms with Gasteiger partial charge in [-0.05, 0) is 18.9 Å². The molecule has 3 nitrogen and oxygen atoms in total. The number of hydrogen-bond donors (Lipinski definition) is 0. The van der Waals surface area contributed by atoms with Crippen molar-refractivity contribution in [1.29, 1.82) is 5.26 Å². The van der Waals surface area contributed by atoms with Gasteiger partial charge < -0.3 is 9.47 Å². The highest BCUT2D eigenvalue weighted by Gasteiger charge is 2.32. The van der Waals surface area contributed by atoms with Crippen LogP contribution in [0.1, 0.15) is 41.5 Å². The Morgan fingerprint density at radius 3 is 2.50 bits per heavy atom. The first-order valence-corrected chi connectivity index (χ1v) is 6.61. The van der Waals surface area contributed by atoms with E-state index in [2.05, 4.69) is 19.9 Å². The van der Waals surface area contributed by atoms with Crippen LogP contribution in [0.3, 0.4) is 0 Å². The second-order valence-corrected chi connectivity index (χ2v) is 4.94. The second-order valence-electron chi connectivity index (χ2n) is 4.94. The Bertz CT molecular complexity index is 507. The summed E-state index contributed by atoms with van der Waals surface area (Å²) in [5, 5.41) is 9.36. The molecule has 18 heavy (non-hydrogen) atoms. The van der Waals surface area contributed by atoms with Gasteiger partial charge in [0.25, 0.3) is 0 Å². The minimum Gasteiger partial charge on any atom is -0.493 e. The summed E-state index contributed by atoms with van der Waals surface area (Å²) in [7, 11) is 0. The molecule has 0 amide bonds. The highest BCUT2D eigenvalue weighted by atomic mass is 16.5. The third-order valence-corrected chi connectivity index (χ3v) is 4.02. The first-order chi connectivity index (χ1) is 8.77. The zero-order valence-corrected chi connectivity index (χ0v) is 10.9. The monoisotopic (exact) mass is 243 g/mol. The molecule has 0 aliphatic carbocycles. The normalized spacial score (nSPS) is 17.4. The molecule has 0 spiro atoms. The molecule has 0 bridgehead atoms. The fourth-order valence-corrected chi connectivity index (χ4v) is 3.10. The van der Waals surface area contributed by atoms with Gasteiger partial charge in [-0.3, -0.25) is 0 Å². The molecule has 2 heterocycles. The van der Waals surface area contributed by atoms with Crippen LogP contribution >= 0.6 is 0 Å². The Labute approximate surface area is 107 Å². The highest BCUT2D eigenvalue weighted by molar-refractivity contribution is 5.63. The molecular formula is C15H17NO2. The Balaban J connectivity index is 2.28. The molecule has 3 rings (SSSR count). The van der Waals surface area contributed by atoms with Crippen LogP contribution in [-0.2, 0) is 12.8 Å². The number of benzene rings is 1. The largest absolute Gasteiger partial charge is 0.493 e. The third-order valence-electron chi connectivity index (χ3n) is 4.02. The van der Waals surface area contributed by atoms with Gasteiger partial charge in [0.2, 0.25) is 0 Å². The van der Waals surface area contributed by atoms with E-state index in [1.165, 1.54) is 16.7 Å². The topological polar surface area (TPSA) is 42.2 Å². The first-order valence-electron chi connectivity index (χ1n) is 6.61. The SMILES string of the molecule is CCC(C#N)c1c2c(c(C)c3c1OCC3)OCC2. The number of nitrogens with zero attached hydrogens (tertiary/aromatic N) is 1. The maximum absolute atomic E-state index is 9.36. The van der Waals surface area contributed by atoms with E-state index >= 15 is 0 Å². The van der Waals surface area contributed by atoms with Gasteiger partial charge in [0, 0.05) is 29.5 Å². The summed E-state index contributed by atoms with van der Waals surface area (Å²) in [5.41, 5.74) is 4.78. The summed E-state index contributed by atoms with van der Waals surface area (Å²) in [6.07, 6.45) is 2.66. The Morgan fingerprint density at radius 2 is 1.83 bits per heavy atom. The van der Waals surface area contributed by atoms with Crippen molar-refractivity contribution in [2.45, 2.75) is 39.0 Å². The van der Waals surface area contributed by atoms with Crippen molar-refractivity contribution in [1.82, 2.24) is 0 Å². The van der Waals surface area contributed by atoms with Crippen molar-refractivity contribution >= 4 is 0 Å². The molecule has 0 N–H and O–H groups in total. The molecule has 1 unspecified atom stereocenters. The number of fused-ring (bicyclic) bond motifs is 2. The van der Waals surface area contributed by atoms with Crippen LogP contribution in [0.2, 0.25) is 0 Å². The van der Waals surface area contributed by atoms with Gasteiger partial charge in [-0.2, -0.15) is 5.26 Å². The molecule has 0 saturated heterocycles. The molecular weight excluding hydrogens is 226 g/mol. The molecule has 0 saturated carbocycles. The molecule has 0 aromatic heterocycles. The molecule has 1 atom stereocenters. The summed E-state index contributed by atoms with van der Waals surface area (Å²) in [5.74, 6) is 1.92. The Morgan fingerprint density at radius 1 is 1.17 bits per heavy atom. The fraction of sp³-hybridized carbons (Fsp3) is 0.533. The number of rotatable bonds is 2. The average Bonchev–Trinajstić information content (AvgIpc) is 3.03. The van der Waals surface area contributed by atoms with Crippen molar-refractivity contribution in [3.8, 4) is 17.6 Å². The lowest BCUT2D eigenvalue weighted by atomic mass is 9.87. The van der Waals surface area contributed by atoms with E-state index < -0.39 is 0 Å². The summed E-state index contributed by atoms with van der Waals surface area (Å²) < 4.78 is 11.6. The van der Waals surface area contributed by atoms with Crippen molar-refractivity contribution < 1.29 is 9.47 Å². The summed E-state index contributed by atoms with van der Waals surface area (Å²) in [4.78, 5) is 0. The quantitative estimate of drug-likeness (QED) is 0.802. The van der Waals surface area contributed by atoms with Gasteiger partial charge in [-0.15, -0.1) is 0 Å². The first kappa shape index (κ1) is 11.4. The summed E-state index contributed by atoms with van der Waals surface area (Å²) in [6.45, 7) is 5.62. The number of ether oxygens (including phenoxy) is 2. The summed E-state index contributed by atoms with van der Waals surface area (Å²) in [6, 6.07) is 2.41. The maximum atomic E-state index is 9.36. The lowest BCUT2D eigenvalue weighted by Crippen LogP contribution is -2.03. The number of nitriles is 1. The molecule has 1 aromatic carbocycles.